The Kier molecular flexibility index (Phi) is 9.78. The molecule has 2 N–H and O–H groups in total. The molecule has 2 aliphatic carbocycles. The molecule has 0 aromatic carbocycles. The van der Waals surface area contributed by atoms with Crippen LogP contribution < -0.4 is 5.32 Å². The molecule has 0 radical (unpaired) electrons. The number of carboxylic acid groups (broad SMARTS) is 1. The van der Waals surface area contributed by atoms with Crippen molar-refractivity contribution in [1.82, 2.24) is 19.9 Å². The van der Waals surface area contributed by atoms with Crippen molar-refractivity contribution in [3.63, 3.8) is 0 Å². The molecule has 3 aliphatic rings. The highest BCUT2D eigenvalue weighted by atomic mass is 32.1. The van der Waals surface area contributed by atoms with Crippen molar-refractivity contribution in [3.05, 3.63) is 71.6 Å². The van der Waals surface area contributed by atoms with Crippen molar-refractivity contribution in [2.24, 2.45) is 0 Å². The van der Waals surface area contributed by atoms with Crippen molar-refractivity contribution in [1.29, 1.82) is 0 Å². The molecule has 234 valence electrons. The molecular formula is C34H43N5O2S3. The van der Waals surface area contributed by atoms with E-state index in [2.05, 4.69) is 59.8 Å². The first-order chi connectivity index (χ1) is 21.2. The van der Waals surface area contributed by atoms with E-state index in [0.29, 0.717) is 12.3 Å². The number of rotatable bonds is 11. The van der Waals surface area contributed by atoms with E-state index < -0.39 is 5.97 Å². The molecule has 7 rings (SSSR count). The summed E-state index contributed by atoms with van der Waals surface area (Å²) in [5, 5.41) is 18.5. The molecule has 7 nitrogen and oxygen atoms in total. The molecule has 4 aromatic rings. The normalized spacial score (nSPS) is 16.9. The molecule has 1 atom stereocenters. The summed E-state index contributed by atoms with van der Waals surface area (Å²) in [5.41, 5.74) is 3.69. The van der Waals surface area contributed by atoms with E-state index in [1.165, 1.54) is 52.6 Å². The van der Waals surface area contributed by atoms with Gasteiger partial charge in [0.2, 0.25) is 0 Å². The molecule has 5 heterocycles. The summed E-state index contributed by atoms with van der Waals surface area (Å²) in [6, 6.07) is 4.36. The zero-order valence-electron chi connectivity index (χ0n) is 26.0. The third-order valence-electron chi connectivity index (χ3n) is 8.27. The zero-order chi connectivity index (χ0) is 30.7. The summed E-state index contributed by atoms with van der Waals surface area (Å²) in [5.74, 6) is 1.70. The molecule has 4 aromatic heterocycles. The van der Waals surface area contributed by atoms with Gasteiger partial charge in [0, 0.05) is 57.0 Å². The molecule has 0 amide bonds. The van der Waals surface area contributed by atoms with E-state index in [1.54, 1.807) is 22.7 Å². The van der Waals surface area contributed by atoms with E-state index in [9.17, 15) is 9.90 Å². The van der Waals surface area contributed by atoms with Crippen LogP contribution in [0.3, 0.4) is 0 Å². The van der Waals surface area contributed by atoms with Crippen molar-refractivity contribution in [2.45, 2.75) is 115 Å². The molecule has 2 saturated carbocycles. The standard InChI is InChI=1S/C24H28N4O2S2.C10H15NS/c29-22(30)12-17(20-13-26-24(32-20)16-6-7-16)11-19-14-31-21(27-19)5-1-4-18-9-8-15-3-2-10-25-23(15)28-18;1-10(2,3)9-11-6-8(12-9)7-4-5-7/h8-9,13-14,16-17H,1-7,10-12H2,(H,25,28)(H,29,30);6-7H,4-5H2,1-3H3. The van der Waals surface area contributed by atoms with Crippen LogP contribution in [0.1, 0.15) is 125 Å². The van der Waals surface area contributed by atoms with Crippen LogP contribution in [0.15, 0.2) is 29.9 Å². The molecule has 0 saturated heterocycles. The summed E-state index contributed by atoms with van der Waals surface area (Å²) >= 11 is 5.27. The predicted octanol–water partition coefficient (Wildman–Crippen LogP) is 8.52. The topological polar surface area (TPSA) is 101 Å². The first-order valence-electron chi connectivity index (χ1n) is 16.0. The minimum absolute atomic E-state index is 0.0559. The Bertz CT molecular complexity index is 1560. The second-order valence-electron chi connectivity index (χ2n) is 13.4. The van der Waals surface area contributed by atoms with Crippen molar-refractivity contribution in [3.8, 4) is 0 Å². The number of aryl methyl sites for hydroxylation is 3. The summed E-state index contributed by atoms with van der Waals surface area (Å²) in [6.45, 7) is 7.69. The molecule has 0 spiro atoms. The van der Waals surface area contributed by atoms with E-state index in [-0.39, 0.29) is 17.8 Å². The number of pyridine rings is 1. The Hall–Kier alpha value is -2.69. The third kappa shape index (κ3) is 8.52. The summed E-state index contributed by atoms with van der Waals surface area (Å²) in [4.78, 5) is 32.6. The van der Waals surface area contributed by atoms with Gasteiger partial charge in [0.1, 0.15) is 5.82 Å². The van der Waals surface area contributed by atoms with Crippen molar-refractivity contribution in [2.75, 3.05) is 11.9 Å². The second kappa shape index (κ2) is 13.7. The van der Waals surface area contributed by atoms with Crippen LogP contribution in [0.2, 0.25) is 0 Å². The highest BCUT2D eigenvalue weighted by molar-refractivity contribution is 7.12. The lowest BCUT2D eigenvalue weighted by molar-refractivity contribution is -0.137. The molecule has 1 aliphatic heterocycles. The average Bonchev–Trinajstić information content (AvgIpc) is 3.87. The van der Waals surface area contributed by atoms with Gasteiger partial charge in [-0.15, -0.1) is 34.0 Å². The summed E-state index contributed by atoms with van der Waals surface area (Å²) in [6.07, 6.45) is 15.1. The van der Waals surface area contributed by atoms with E-state index in [4.69, 9.17) is 9.97 Å². The molecular weight excluding hydrogens is 607 g/mol. The quantitative estimate of drug-likeness (QED) is 0.168. The van der Waals surface area contributed by atoms with Crippen molar-refractivity contribution >= 4 is 45.8 Å². The van der Waals surface area contributed by atoms with Crippen LogP contribution in [0.5, 0.6) is 0 Å². The number of fused-ring (bicyclic) bond motifs is 1. The first kappa shape index (κ1) is 31.3. The van der Waals surface area contributed by atoms with Gasteiger partial charge in [-0.25, -0.2) is 19.9 Å². The number of carboxylic acids is 1. The molecule has 2 fully saturated rings. The maximum Gasteiger partial charge on any atom is 0.304 e. The van der Waals surface area contributed by atoms with Gasteiger partial charge in [-0.1, -0.05) is 26.8 Å². The lowest BCUT2D eigenvalue weighted by atomic mass is 9.98. The van der Waals surface area contributed by atoms with Crippen LogP contribution in [0, 0.1) is 0 Å². The number of aromatic nitrogens is 4. The smallest absolute Gasteiger partial charge is 0.304 e. The van der Waals surface area contributed by atoms with Gasteiger partial charge in [-0.2, -0.15) is 0 Å². The Balaban J connectivity index is 0.000000238. The monoisotopic (exact) mass is 649 g/mol. The zero-order valence-corrected chi connectivity index (χ0v) is 28.4. The van der Waals surface area contributed by atoms with E-state index >= 15 is 0 Å². The van der Waals surface area contributed by atoms with Gasteiger partial charge < -0.3 is 10.4 Å². The van der Waals surface area contributed by atoms with Gasteiger partial charge in [-0.05, 0) is 81.8 Å². The highest BCUT2D eigenvalue weighted by Crippen LogP contribution is 2.44. The van der Waals surface area contributed by atoms with Crippen LogP contribution in [0.25, 0.3) is 0 Å². The fourth-order valence-corrected chi connectivity index (χ4v) is 8.61. The van der Waals surface area contributed by atoms with Gasteiger partial charge in [0.25, 0.3) is 0 Å². The average molecular weight is 650 g/mol. The minimum Gasteiger partial charge on any atom is -0.481 e. The Labute approximate surface area is 272 Å². The Morgan fingerprint density at radius 2 is 1.84 bits per heavy atom. The SMILES string of the molecule is CC(C)(C)c1ncc(C2CC2)s1.O=C(O)CC(Cc1csc(CCCc2ccc3c(n2)NCCC3)n1)c1cnc(C2CC2)s1. The number of nitrogens with one attached hydrogen (secondary N) is 1. The molecule has 1 unspecified atom stereocenters. The lowest BCUT2D eigenvalue weighted by Crippen LogP contribution is -2.14. The number of carbonyl (C=O) groups is 1. The molecule has 44 heavy (non-hydrogen) atoms. The highest BCUT2D eigenvalue weighted by Gasteiger charge is 2.29. The fraction of sp³-hybridized carbons (Fsp3) is 0.559. The number of nitrogens with zero attached hydrogens (tertiary/aromatic N) is 4. The molecule has 10 heteroatoms. The maximum absolute atomic E-state index is 11.5. The summed E-state index contributed by atoms with van der Waals surface area (Å²) in [7, 11) is 0. The van der Waals surface area contributed by atoms with Gasteiger partial charge >= 0.3 is 5.97 Å². The number of anilines is 1. The Morgan fingerprint density at radius 1 is 1.02 bits per heavy atom. The van der Waals surface area contributed by atoms with Crippen LogP contribution >= 0.6 is 34.0 Å². The second-order valence-corrected chi connectivity index (χ2v) is 16.5. The van der Waals surface area contributed by atoms with E-state index in [1.807, 2.05) is 17.5 Å². The minimum atomic E-state index is -0.765. The third-order valence-corrected chi connectivity index (χ3v) is 12.1. The maximum atomic E-state index is 11.5. The van der Waals surface area contributed by atoms with E-state index in [0.717, 1.165) is 65.2 Å². The number of aliphatic carboxylic acids is 1. The Morgan fingerprint density at radius 3 is 2.57 bits per heavy atom. The first-order valence-corrected chi connectivity index (χ1v) is 18.5. The van der Waals surface area contributed by atoms with Gasteiger partial charge in [0.05, 0.1) is 27.1 Å². The van der Waals surface area contributed by atoms with Gasteiger partial charge in [0.15, 0.2) is 0 Å². The summed E-state index contributed by atoms with van der Waals surface area (Å²) < 4.78 is 0. The number of thiazole rings is 3. The lowest BCUT2D eigenvalue weighted by Gasteiger charge is -2.17. The van der Waals surface area contributed by atoms with Crippen LogP contribution in [-0.4, -0.2) is 37.6 Å². The number of hydrogen-bond acceptors (Lipinski definition) is 9. The predicted molar refractivity (Wildman–Crippen MR) is 181 cm³/mol. The molecule has 0 bridgehead atoms. The largest absolute Gasteiger partial charge is 0.481 e. The number of hydrogen-bond donors (Lipinski definition) is 2. The fourth-order valence-electron chi connectivity index (χ4n) is 5.42. The van der Waals surface area contributed by atoms with Crippen molar-refractivity contribution < 1.29 is 9.90 Å². The van der Waals surface area contributed by atoms with Gasteiger partial charge in [-0.3, -0.25) is 4.79 Å². The van der Waals surface area contributed by atoms with Crippen LogP contribution in [0.4, 0.5) is 5.82 Å². The van der Waals surface area contributed by atoms with Crippen LogP contribution in [-0.2, 0) is 35.9 Å².